The number of para-hydroxylation sites is 1. The molecule has 0 unspecified atom stereocenters. The van der Waals surface area contributed by atoms with Gasteiger partial charge < -0.3 is 21.1 Å². The van der Waals surface area contributed by atoms with Crippen molar-refractivity contribution in [3.63, 3.8) is 0 Å². The van der Waals surface area contributed by atoms with E-state index < -0.39 is 11.5 Å². The summed E-state index contributed by atoms with van der Waals surface area (Å²) < 4.78 is 15.4. The Morgan fingerprint density at radius 2 is 2.06 bits per heavy atom. The van der Waals surface area contributed by atoms with E-state index in [1.165, 1.54) is 6.07 Å². The van der Waals surface area contributed by atoms with Crippen molar-refractivity contribution in [2.75, 3.05) is 11.9 Å². The fraction of sp³-hybridized carbons (Fsp3) is 0.174. The number of anilines is 1. The van der Waals surface area contributed by atoms with Crippen LogP contribution in [0, 0.1) is 12.7 Å². The molecule has 0 radical (unpaired) electrons. The second kappa shape index (κ2) is 7.70. The maximum atomic E-state index is 13.8. The van der Waals surface area contributed by atoms with Gasteiger partial charge in [0, 0.05) is 53.5 Å². The minimum absolute atomic E-state index is 0.0482. The molecule has 32 heavy (non-hydrogen) atoms. The number of aromatic nitrogens is 5. The third-order valence-electron chi connectivity index (χ3n) is 5.51. The molecule has 0 aliphatic rings. The Bertz CT molecular complexity index is 1430. The number of hydrogen-bond donors (Lipinski definition) is 4. The summed E-state index contributed by atoms with van der Waals surface area (Å²) in [7, 11) is 0. The van der Waals surface area contributed by atoms with Gasteiger partial charge in [-0.3, -0.25) is 4.98 Å². The van der Waals surface area contributed by atoms with Gasteiger partial charge in [0.15, 0.2) is 11.4 Å². The molecule has 8 nitrogen and oxygen atoms in total. The molecule has 5 aromatic rings. The molecule has 0 aliphatic carbocycles. The van der Waals surface area contributed by atoms with Gasteiger partial charge in [0.25, 0.3) is 0 Å². The van der Waals surface area contributed by atoms with Crippen LogP contribution in [0.15, 0.2) is 61.2 Å². The highest BCUT2D eigenvalue weighted by molar-refractivity contribution is 5.83. The van der Waals surface area contributed by atoms with E-state index >= 15 is 0 Å². The summed E-state index contributed by atoms with van der Waals surface area (Å²) in [6.07, 6.45) is 6.49. The normalized spacial score (nSPS) is 13.5. The second-order valence-corrected chi connectivity index (χ2v) is 7.88. The lowest BCUT2D eigenvalue weighted by atomic mass is 10.0. The largest absolute Gasteiger partial charge is 0.369 e. The van der Waals surface area contributed by atoms with E-state index in [0.29, 0.717) is 22.7 Å². The predicted molar refractivity (Wildman–Crippen MR) is 121 cm³/mol. The van der Waals surface area contributed by atoms with Crippen molar-refractivity contribution < 1.29 is 9.50 Å². The first-order valence-electron chi connectivity index (χ1n) is 10.2. The maximum Gasteiger partial charge on any atom is 0.160 e. The molecule has 0 bridgehead atoms. The monoisotopic (exact) mass is 431 g/mol. The molecule has 4 aromatic heterocycles. The predicted octanol–water partition coefficient (Wildman–Crippen LogP) is 3.02. The van der Waals surface area contributed by atoms with Gasteiger partial charge in [-0.25, -0.2) is 9.37 Å². The molecule has 0 saturated carbocycles. The van der Waals surface area contributed by atoms with Gasteiger partial charge in [-0.2, -0.15) is 9.61 Å². The van der Waals surface area contributed by atoms with Gasteiger partial charge in [0.2, 0.25) is 0 Å². The molecular weight excluding hydrogens is 409 g/mol. The summed E-state index contributed by atoms with van der Waals surface area (Å²) in [5.74, 6) is 0.0249. The molecule has 0 aliphatic heterocycles. The summed E-state index contributed by atoms with van der Waals surface area (Å²) >= 11 is 0. The summed E-state index contributed by atoms with van der Waals surface area (Å²) in [6.45, 7) is 1.83. The van der Waals surface area contributed by atoms with Crippen molar-refractivity contribution in [2.24, 2.45) is 5.73 Å². The van der Waals surface area contributed by atoms with E-state index in [2.05, 4.69) is 25.4 Å². The minimum atomic E-state index is -1.46. The number of halogens is 1. The van der Waals surface area contributed by atoms with E-state index in [-0.39, 0.29) is 13.0 Å². The van der Waals surface area contributed by atoms with E-state index in [4.69, 9.17) is 5.73 Å². The molecule has 5 N–H and O–H groups in total. The van der Waals surface area contributed by atoms with Crippen LogP contribution < -0.4 is 11.1 Å². The number of nitrogens with two attached hydrogens (primary N) is 1. The molecule has 0 spiro atoms. The molecule has 162 valence electrons. The lowest BCUT2D eigenvalue weighted by Gasteiger charge is -2.29. The number of aryl methyl sites for hydroxylation is 1. The summed E-state index contributed by atoms with van der Waals surface area (Å²) in [6, 6.07) is 10.9. The van der Waals surface area contributed by atoms with E-state index in [1.807, 2.05) is 37.4 Å². The van der Waals surface area contributed by atoms with Crippen molar-refractivity contribution >= 4 is 22.4 Å². The Morgan fingerprint density at radius 3 is 2.88 bits per heavy atom. The van der Waals surface area contributed by atoms with Crippen LogP contribution in [0.3, 0.4) is 0 Å². The molecule has 1 atom stereocenters. The van der Waals surface area contributed by atoms with Crippen molar-refractivity contribution in [1.29, 1.82) is 0 Å². The lowest BCUT2D eigenvalue weighted by Crippen LogP contribution is -2.47. The number of hydrogen-bond acceptors (Lipinski definition) is 6. The number of aliphatic hydroxyl groups is 1. The van der Waals surface area contributed by atoms with Gasteiger partial charge in [-0.15, -0.1) is 0 Å². The molecule has 5 rings (SSSR count). The van der Waals surface area contributed by atoms with Crippen molar-refractivity contribution in [1.82, 2.24) is 24.6 Å². The number of fused-ring (bicyclic) bond motifs is 2. The van der Waals surface area contributed by atoms with Crippen LogP contribution in [0.25, 0.3) is 27.8 Å². The maximum absolute atomic E-state index is 13.8. The fourth-order valence-corrected chi connectivity index (χ4v) is 3.86. The van der Waals surface area contributed by atoms with Gasteiger partial charge >= 0.3 is 0 Å². The number of aromatic amines is 1. The summed E-state index contributed by atoms with van der Waals surface area (Å²) in [4.78, 5) is 11.8. The molecule has 0 amide bonds. The Balaban J connectivity index is 1.57. The Kier molecular flexibility index (Phi) is 4.84. The van der Waals surface area contributed by atoms with E-state index in [1.54, 1.807) is 23.0 Å². The number of pyridine rings is 1. The van der Waals surface area contributed by atoms with Crippen molar-refractivity contribution in [3.8, 4) is 11.3 Å². The molecule has 1 aromatic carbocycles. The number of nitrogens with one attached hydrogen (secondary N) is 2. The smallest absolute Gasteiger partial charge is 0.160 e. The van der Waals surface area contributed by atoms with Crippen LogP contribution in [0.4, 0.5) is 10.2 Å². The zero-order valence-corrected chi connectivity index (χ0v) is 17.4. The van der Waals surface area contributed by atoms with Crippen LogP contribution in [0.5, 0.6) is 0 Å². The number of rotatable bonds is 6. The van der Waals surface area contributed by atoms with Crippen LogP contribution in [0.1, 0.15) is 11.1 Å². The number of H-pyrrole nitrogens is 1. The average molecular weight is 431 g/mol. The number of benzene rings is 1. The average Bonchev–Trinajstić information content (AvgIpc) is 3.37. The first kappa shape index (κ1) is 20.1. The third kappa shape index (κ3) is 3.57. The first-order valence-corrected chi connectivity index (χ1v) is 10.2. The fourth-order valence-electron chi connectivity index (χ4n) is 3.86. The molecule has 4 heterocycles. The Labute approximate surface area is 182 Å². The molecule has 0 saturated heterocycles. The zero-order chi connectivity index (χ0) is 22.3. The van der Waals surface area contributed by atoms with Gasteiger partial charge in [-0.1, -0.05) is 18.2 Å². The SMILES string of the molecule is Cc1cnn2c(N[C@](O)(CN)Cc3c[nH]c4ccccc34)cc(-c3cncc(F)c3)nc12. The third-order valence-corrected chi connectivity index (χ3v) is 5.51. The van der Waals surface area contributed by atoms with E-state index in [9.17, 15) is 9.50 Å². The highest BCUT2D eigenvalue weighted by Crippen LogP contribution is 2.27. The minimum Gasteiger partial charge on any atom is -0.369 e. The number of nitrogens with zero attached hydrogens (tertiary/aromatic N) is 4. The summed E-state index contributed by atoms with van der Waals surface area (Å²) in [5, 5.41) is 19.9. The van der Waals surface area contributed by atoms with Crippen LogP contribution in [0.2, 0.25) is 0 Å². The lowest BCUT2D eigenvalue weighted by molar-refractivity contribution is 0.0790. The quantitative estimate of drug-likeness (QED) is 0.307. The van der Waals surface area contributed by atoms with Gasteiger partial charge in [0.1, 0.15) is 11.6 Å². The summed E-state index contributed by atoms with van der Waals surface area (Å²) in [5.41, 5.74) is 8.90. The van der Waals surface area contributed by atoms with Crippen molar-refractivity contribution in [2.45, 2.75) is 19.1 Å². The topological polar surface area (TPSA) is 117 Å². The molecular formula is C23H22FN7O. The van der Waals surface area contributed by atoms with Crippen molar-refractivity contribution in [3.05, 3.63) is 78.1 Å². The highest BCUT2D eigenvalue weighted by Gasteiger charge is 2.28. The Morgan fingerprint density at radius 1 is 1.22 bits per heavy atom. The van der Waals surface area contributed by atoms with Crippen LogP contribution >= 0.6 is 0 Å². The Hall–Kier alpha value is -3.82. The molecule has 0 fully saturated rings. The molecule has 9 heteroatoms. The standard InChI is InChI=1S/C23H22FN7O/c1-14-9-28-31-21(7-20(29-22(14)31)15-6-17(24)12-26-10-15)30-23(32,13-25)8-16-11-27-19-5-3-2-4-18(16)19/h2-7,9-12,27,30,32H,8,13,25H2,1H3/t23-/m1/s1. The van der Waals surface area contributed by atoms with Crippen LogP contribution in [-0.2, 0) is 6.42 Å². The highest BCUT2D eigenvalue weighted by atomic mass is 19.1. The van der Waals surface area contributed by atoms with E-state index in [0.717, 1.165) is 28.2 Å². The zero-order valence-electron chi connectivity index (χ0n) is 17.4. The van der Waals surface area contributed by atoms with Gasteiger partial charge in [-0.05, 0) is 24.6 Å². The van der Waals surface area contributed by atoms with Gasteiger partial charge in [0.05, 0.1) is 18.1 Å². The second-order valence-electron chi connectivity index (χ2n) is 7.88. The van der Waals surface area contributed by atoms with Crippen LogP contribution in [-0.4, -0.2) is 41.9 Å². The first-order chi connectivity index (χ1) is 15.5.